The lowest BCUT2D eigenvalue weighted by molar-refractivity contribution is 0.361. The highest BCUT2D eigenvalue weighted by atomic mass is 14.9. The van der Waals surface area contributed by atoms with Crippen LogP contribution in [0.25, 0.3) is 0 Å². The van der Waals surface area contributed by atoms with E-state index in [0.717, 1.165) is 11.6 Å². The summed E-state index contributed by atoms with van der Waals surface area (Å²) in [5, 5.41) is 3.60. The molecule has 1 fully saturated rings. The van der Waals surface area contributed by atoms with E-state index >= 15 is 0 Å². The van der Waals surface area contributed by atoms with Gasteiger partial charge < -0.3 is 11.1 Å². The van der Waals surface area contributed by atoms with Crippen molar-refractivity contribution in [2.45, 2.75) is 45.6 Å². The van der Waals surface area contributed by atoms with Crippen LogP contribution in [0.15, 0.2) is 18.2 Å². The van der Waals surface area contributed by atoms with Crippen LogP contribution in [0, 0.1) is 12.8 Å². The van der Waals surface area contributed by atoms with Crippen LogP contribution in [-0.2, 0) is 0 Å². The van der Waals surface area contributed by atoms with Crippen LogP contribution in [0.3, 0.4) is 0 Å². The number of rotatable bonds is 2. The molecule has 16 heavy (non-hydrogen) atoms. The maximum absolute atomic E-state index is 5.85. The van der Waals surface area contributed by atoms with E-state index in [1.807, 2.05) is 12.1 Å². The number of hydrogen-bond donors (Lipinski definition) is 2. The smallest absolute Gasteiger partial charge is 0.0365 e. The van der Waals surface area contributed by atoms with Crippen LogP contribution in [0.1, 0.15) is 38.2 Å². The Labute approximate surface area is 98.2 Å². The van der Waals surface area contributed by atoms with E-state index in [1.165, 1.54) is 36.9 Å². The maximum atomic E-state index is 5.85. The molecule has 1 aromatic carbocycles. The molecule has 0 unspecified atom stereocenters. The molecule has 2 nitrogen and oxygen atoms in total. The van der Waals surface area contributed by atoms with Crippen molar-refractivity contribution in [2.75, 3.05) is 11.1 Å². The lowest BCUT2D eigenvalue weighted by Crippen LogP contribution is -2.25. The van der Waals surface area contributed by atoms with E-state index in [1.54, 1.807) is 0 Å². The summed E-state index contributed by atoms with van der Waals surface area (Å²) in [5.41, 5.74) is 9.11. The monoisotopic (exact) mass is 218 g/mol. The van der Waals surface area contributed by atoms with Gasteiger partial charge in [-0.05, 0) is 62.3 Å². The Morgan fingerprint density at radius 1 is 1.12 bits per heavy atom. The molecule has 1 aromatic rings. The molecule has 1 aliphatic rings. The molecule has 1 aliphatic carbocycles. The summed E-state index contributed by atoms with van der Waals surface area (Å²) >= 11 is 0. The molecule has 0 radical (unpaired) electrons. The normalized spacial score (nSPS) is 25.4. The average Bonchev–Trinajstić information content (AvgIpc) is 2.20. The average molecular weight is 218 g/mol. The molecule has 0 bridgehead atoms. The minimum absolute atomic E-state index is 0.636. The van der Waals surface area contributed by atoms with Gasteiger partial charge in [-0.1, -0.05) is 6.92 Å². The molecule has 0 aromatic heterocycles. The minimum atomic E-state index is 0.636. The van der Waals surface area contributed by atoms with E-state index in [2.05, 4.69) is 25.2 Å². The van der Waals surface area contributed by atoms with Crippen molar-refractivity contribution in [3.05, 3.63) is 23.8 Å². The van der Waals surface area contributed by atoms with Gasteiger partial charge in [-0.2, -0.15) is 0 Å². The molecule has 0 amide bonds. The fraction of sp³-hybridized carbons (Fsp3) is 0.571. The van der Waals surface area contributed by atoms with Crippen molar-refractivity contribution >= 4 is 11.4 Å². The first-order chi connectivity index (χ1) is 7.63. The van der Waals surface area contributed by atoms with Gasteiger partial charge in [0, 0.05) is 17.4 Å². The quantitative estimate of drug-likeness (QED) is 0.745. The first-order valence-electron chi connectivity index (χ1n) is 6.27. The highest BCUT2D eigenvalue weighted by molar-refractivity contribution is 5.57. The van der Waals surface area contributed by atoms with Gasteiger partial charge in [0.05, 0.1) is 0 Å². The number of anilines is 2. The first-order valence-corrected chi connectivity index (χ1v) is 6.27. The van der Waals surface area contributed by atoms with Gasteiger partial charge in [-0.3, -0.25) is 0 Å². The Hall–Kier alpha value is -1.18. The van der Waals surface area contributed by atoms with Gasteiger partial charge in [0.1, 0.15) is 0 Å². The highest BCUT2D eigenvalue weighted by Gasteiger charge is 2.17. The van der Waals surface area contributed by atoms with Crippen molar-refractivity contribution < 1.29 is 0 Å². The predicted molar refractivity (Wildman–Crippen MR) is 70.6 cm³/mol. The second-order valence-corrected chi connectivity index (χ2v) is 5.23. The topological polar surface area (TPSA) is 38.0 Å². The zero-order valence-corrected chi connectivity index (χ0v) is 10.3. The second-order valence-electron chi connectivity index (χ2n) is 5.23. The summed E-state index contributed by atoms with van der Waals surface area (Å²) in [5.74, 6) is 0.903. The molecule has 2 heteroatoms. The Bertz CT molecular complexity index is 332. The molecule has 0 spiro atoms. The predicted octanol–water partition coefficient (Wildman–Crippen LogP) is 3.57. The van der Waals surface area contributed by atoms with Crippen LogP contribution in [-0.4, -0.2) is 6.04 Å². The molecule has 0 aliphatic heterocycles. The van der Waals surface area contributed by atoms with E-state index < -0.39 is 0 Å². The van der Waals surface area contributed by atoms with Gasteiger partial charge in [-0.25, -0.2) is 0 Å². The fourth-order valence-corrected chi connectivity index (χ4v) is 2.54. The van der Waals surface area contributed by atoms with Crippen molar-refractivity contribution in [2.24, 2.45) is 5.92 Å². The maximum Gasteiger partial charge on any atom is 0.0365 e. The van der Waals surface area contributed by atoms with Crippen LogP contribution < -0.4 is 11.1 Å². The standard InChI is InChI=1S/C14H22N2/c1-10-3-5-13(6-4-10)16-14-8-11(2)7-12(15)9-14/h7-10,13,16H,3-6,15H2,1-2H3. The summed E-state index contributed by atoms with van der Waals surface area (Å²) < 4.78 is 0. The van der Waals surface area contributed by atoms with Crippen LogP contribution in [0.2, 0.25) is 0 Å². The van der Waals surface area contributed by atoms with Crippen LogP contribution >= 0.6 is 0 Å². The summed E-state index contributed by atoms with van der Waals surface area (Å²) in [6, 6.07) is 6.85. The third kappa shape index (κ3) is 2.91. The summed E-state index contributed by atoms with van der Waals surface area (Å²) in [4.78, 5) is 0. The van der Waals surface area contributed by atoms with E-state index in [0.29, 0.717) is 6.04 Å². The number of hydrogen-bond acceptors (Lipinski definition) is 2. The first kappa shape index (κ1) is 11.3. The Kier molecular flexibility index (Phi) is 3.37. The Balaban J connectivity index is 1.98. The van der Waals surface area contributed by atoms with Gasteiger partial charge in [-0.15, -0.1) is 0 Å². The number of nitrogens with two attached hydrogens (primary N) is 1. The molecular weight excluding hydrogens is 196 g/mol. The van der Waals surface area contributed by atoms with Crippen molar-refractivity contribution in [3.8, 4) is 0 Å². The number of aryl methyl sites for hydroxylation is 1. The minimum Gasteiger partial charge on any atom is -0.399 e. The number of benzene rings is 1. The summed E-state index contributed by atoms with van der Waals surface area (Å²) in [6.45, 7) is 4.44. The van der Waals surface area contributed by atoms with Crippen LogP contribution in [0.4, 0.5) is 11.4 Å². The zero-order chi connectivity index (χ0) is 11.5. The third-order valence-electron chi connectivity index (χ3n) is 3.49. The van der Waals surface area contributed by atoms with E-state index in [9.17, 15) is 0 Å². The SMILES string of the molecule is Cc1cc(N)cc(NC2CCC(C)CC2)c1. The molecule has 88 valence electrons. The third-order valence-corrected chi connectivity index (χ3v) is 3.49. The zero-order valence-electron chi connectivity index (χ0n) is 10.3. The fourth-order valence-electron chi connectivity index (χ4n) is 2.54. The summed E-state index contributed by atoms with van der Waals surface area (Å²) in [6.07, 6.45) is 5.27. The molecule has 0 atom stereocenters. The molecule has 2 rings (SSSR count). The van der Waals surface area contributed by atoms with Gasteiger partial charge in [0.15, 0.2) is 0 Å². The van der Waals surface area contributed by atoms with Crippen LogP contribution in [0.5, 0.6) is 0 Å². The molecule has 3 N–H and O–H groups in total. The largest absolute Gasteiger partial charge is 0.399 e. The molecule has 0 saturated heterocycles. The van der Waals surface area contributed by atoms with Gasteiger partial charge >= 0.3 is 0 Å². The Morgan fingerprint density at radius 2 is 1.81 bits per heavy atom. The van der Waals surface area contributed by atoms with Crippen molar-refractivity contribution in [1.82, 2.24) is 0 Å². The molecule has 0 heterocycles. The van der Waals surface area contributed by atoms with Gasteiger partial charge in [0.25, 0.3) is 0 Å². The lowest BCUT2D eigenvalue weighted by atomic mass is 9.87. The van der Waals surface area contributed by atoms with E-state index in [-0.39, 0.29) is 0 Å². The van der Waals surface area contributed by atoms with Gasteiger partial charge in [0.2, 0.25) is 0 Å². The van der Waals surface area contributed by atoms with Crippen molar-refractivity contribution in [3.63, 3.8) is 0 Å². The Morgan fingerprint density at radius 3 is 2.44 bits per heavy atom. The molecular formula is C14H22N2. The number of nitrogen functional groups attached to an aromatic ring is 1. The van der Waals surface area contributed by atoms with Crippen molar-refractivity contribution in [1.29, 1.82) is 0 Å². The second kappa shape index (κ2) is 4.77. The lowest BCUT2D eigenvalue weighted by Gasteiger charge is -2.28. The number of nitrogens with one attached hydrogen (secondary N) is 1. The molecule has 1 saturated carbocycles. The summed E-state index contributed by atoms with van der Waals surface area (Å²) in [7, 11) is 0. The van der Waals surface area contributed by atoms with E-state index in [4.69, 9.17) is 5.73 Å². The highest BCUT2D eigenvalue weighted by Crippen LogP contribution is 2.26.